The van der Waals surface area contributed by atoms with Crippen molar-refractivity contribution in [3.8, 4) is 17.1 Å². The lowest BCUT2D eigenvalue weighted by Gasteiger charge is -2.01. The molecule has 0 saturated heterocycles. The summed E-state index contributed by atoms with van der Waals surface area (Å²) < 4.78 is 9.04. The van der Waals surface area contributed by atoms with Crippen LogP contribution >= 0.6 is 15.9 Å². The zero-order valence-corrected chi connectivity index (χ0v) is 13.5. The molecule has 4 rings (SSSR count). The van der Waals surface area contributed by atoms with Crippen LogP contribution in [0.25, 0.3) is 28.2 Å². The molecule has 0 bridgehead atoms. The Balaban J connectivity index is 1.81. The first-order valence-corrected chi connectivity index (χ1v) is 7.80. The monoisotopic (exact) mass is 352 g/mol. The number of fused-ring (bicyclic) bond motifs is 1. The Labute approximate surface area is 136 Å². The molecule has 0 spiro atoms. The molecule has 3 nitrogen and oxygen atoms in total. The summed E-state index contributed by atoms with van der Waals surface area (Å²) >= 11 is 3.55. The van der Waals surface area contributed by atoms with Crippen LogP contribution in [0.5, 0.6) is 0 Å². The first kappa shape index (κ1) is 13.3. The van der Waals surface area contributed by atoms with Gasteiger partial charge in [0.05, 0.1) is 0 Å². The number of nitrogens with zero attached hydrogens (tertiary/aromatic N) is 2. The van der Waals surface area contributed by atoms with E-state index in [2.05, 4.69) is 33.9 Å². The van der Waals surface area contributed by atoms with Gasteiger partial charge in [0.15, 0.2) is 5.58 Å². The molecule has 108 valence electrons. The number of oxazole rings is 1. The van der Waals surface area contributed by atoms with Gasteiger partial charge in [-0.2, -0.15) is 0 Å². The van der Waals surface area contributed by atoms with Crippen LogP contribution < -0.4 is 0 Å². The second kappa shape index (κ2) is 5.14. The maximum Gasteiger partial charge on any atom is 0.227 e. The van der Waals surface area contributed by atoms with Crippen molar-refractivity contribution in [2.75, 3.05) is 0 Å². The summed E-state index contributed by atoms with van der Waals surface area (Å²) in [7, 11) is 0. The quantitative estimate of drug-likeness (QED) is 0.486. The van der Waals surface area contributed by atoms with E-state index in [4.69, 9.17) is 4.42 Å². The van der Waals surface area contributed by atoms with Crippen molar-refractivity contribution in [2.24, 2.45) is 0 Å². The molecule has 0 atom stereocenters. The fourth-order valence-electron chi connectivity index (χ4n) is 2.43. The molecular formula is C18H13BrN2O. The van der Waals surface area contributed by atoms with Gasteiger partial charge in [0.1, 0.15) is 5.52 Å². The van der Waals surface area contributed by atoms with Gasteiger partial charge in [-0.1, -0.05) is 22.0 Å². The highest BCUT2D eigenvalue weighted by atomic mass is 79.9. The molecule has 0 radical (unpaired) electrons. The van der Waals surface area contributed by atoms with Gasteiger partial charge in [0.2, 0.25) is 5.89 Å². The van der Waals surface area contributed by atoms with Crippen LogP contribution in [0.15, 0.2) is 69.8 Å². The SMILES string of the molecule is Cc1ccc(-c2nc3ccc(-n4cccc4)cc3o2)cc1Br. The number of hydrogen-bond donors (Lipinski definition) is 0. The van der Waals surface area contributed by atoms with Gasteiger partial charge in [-0.3, -0.25) is 0 Å². The second-order valence-electron chi connectivity index (χ2n) is 5.23. The second-order valence-corrected chi connectivity index (χ2v) is 6.08. The van der Waals surface area contributed by atoms with E-state index in [9.17, 15) is 0 Å². The molecule has 0 aliphatic heterocycles. The zero-order valence-electron chi connectivity index (χ0n) is 12.0. The molecule has 2 aromatic carbocycles. The minimum Gasteiger partial charge on any atom is -0.436 e. The summed E-state index contributed by atoms with van der Waals surface area (Å²) in [6, 6.07) is 16.2. The predicted molar refractivity (Wildman–Crippen MR) is 91.2 cm³/mol. The van der Waals surface area contributed by atoms with Crippen molar-refractivity contribution < 1.29 is 4.42 Å². The first-order valence-electron chi connectivity index (χ1n) is 7.01. The first-order chi connectivity index (χ1) is 10.7. The number of rotatable bonds is 2. The maximum atomic E-state index is 5.94. The van der Waals surface area contributed by atoms with E-state index in [1.807, 2.05) is 59.4 Å². The molecular weight excluding hydrogens is 340 g/mol. The lowest BCUT2D eigenvalue weighted by atomic mass is 10.1. The molecule has 2 aromatic heterocycles. The standard InChI is InChI=1S/C18H13BrN2O/c1-12-4-5-13(10-15(12)19)18-20-16-7-6-14(11-17(16)22-18)21-8-2-3-9-21/h2-11H,1H3. The van der Waals surface area contributed by atoms with E-state index in [0.29, 0.717) is 5.89 Å². The summed E-state index contributed by atoms with van der Waals surface area (Å²) in [5.74, 6) is 0.639. The summed E-state index contributed by atoms with van der Waals surface area (Å²) in [6.45, 7) is 2.06. The van der Waals surface area contributed by atoms with Crippen LogP contribution in [0.3, 0.4) is 0 Å². The van der Waals surface area contributed by atoms with Gasteiger partial charge in [-0.15, -0.1) is 0 Å². The van der Waals surface area contributed by atoms with Crippen LogP contribution in [0.1, 0.15) is 5.56 Å². The fourth-order valence-corrected chi connectivity index (χ4v) is 2.81. The smallest absolute Gasteiger partial charge is 0.227 e. The van der Waals surface area contributed by atoms with Gasteiger partial charge in [0.25, 0.3) is 0 Å². The average molecular weight is 353 g/mol. The lowest BCUT2D eigenvalue weighted by Crippen LogP contribution is -1.87. The largest absolute Gasteiger partial charge is 0.436 e. The van der Waals surface area contributed by atoms with Gasteiger partial charge in [0, 0.05) is 34.2 Å². The molecule has 2 heterocycles. The van der Waals surface area contributed by atoms with Crippen molar-refractivity contribution in [2.45, 2.75) is 6.92 Å². The molecule has 0 aliphatic rings. The van der Waals surface area contributed by atoms with Crippen molar-refractivity contribution in [1.82, 2.24) is 9.55 Å². The minimum atomic E-state index is 0.639. The van der Waals surface area contributed by atoms with Crippen molar-refractivity contribution in [3.05, 3.63) is 71.0 Å². The van der Waals surface area contributed by atoms with E-state index in [1.54, 1.807) is 0 Å². The molecule has 4 heteroatoms. The Morgan fingerprint density at radius 1 is 1.05 bits per heavy atom. The zero-order chi connectivity index (χ0) is 15.1. The summed E-state index contributed by atoms with van der Waals surface area (Å²) in [6.07, 6.45) is 4.02. The fraction of sp³-hybridized carbons (Fsp3) is 0.0556. The van der Waals surface area contributed by atoms with Crippen LogP contribution in [0, 0.1) is 6.92 Å². The van der Waals surface area contributed by atoms with Gasteiger partial charge < -0.3 is 8.98 Å². The summed E-state index contributed by atoms with van der Waals surface area (Å²) in [5, 5.41) is 0. The Morgan fingerprint density at radius 3 is 2.64 bits per heavy atom. The van der Waals surface area contributed by atoms with Crippen LogP contribution in [0.4, 0.5) is 0 Å². The normalized spacial score (nSPS) is 11.2. The molecule has 0 amide bonds. The Kier molecular flexibility index (Phi) is 3.12. The minimum absolute atomic E-state index is 0.639. The maximum absolute atomic E-state index is 5.94. The molecule has 0 fully saturated rings. The van der Waals surface area contributed by atoms with Crippen molar-refractivity contribution in [3.63, 3.8) is 0 Å². The average Bonchev–Trinajstić information content (AvgIpc) is 3.17. The van der Waals surface area contributed by atoms with E-state index in [1.165, 1.54) is 5.56 Å². The predicted octanol–water partition coefficient (Wildman–Crippen LogP) is 5.36. The molecule has 0 saturated carbocycles. The summed E-state index contributed by atoms with van der Waals surface area (Å²) in [5.41, 5.74) is 4.87. The van der Waals surface area contributed by atoms with Crippen LogP contribution in [0.2, 0.25) is 0 Å². The van der Waals surface area contributed by atoms with E-state index < -0.39 is 0 Å². The van der Waals surface area contributed by atoms with Crippen molar-refractivity contribution in [1.29, 1.82) is 0 Å². The number of aromatic nitrogens is 2. The molecule has 0 N–H and O–H groups in total. The van der Waals surface area contributed by atoms with Crippen LogP contribution in [-0.2, 0) is 0 Å². The number of halogens is 1. The van der Waals surface area contributed by atoms with Gasteiger partial charge in [-0.25, -0.2) is 4.98 Å². The molecule has 0 unspecified atom stereocenters. The molecule has 0 aliphatic carbocycles. The molecule has 22 heavy (non-hydrogen) atoms. The Hall–Kier alpha value is -2.33. The third-order valence-corrected chi connectivity index (χ3v) is 4.55. The van der Waals surface area contributed by atoms with Gasteiger partial charge in [-0.05, 0) is 48.9 Å². The highest BCUT2D eigenvalue weighted by Crippen LogP contribution is 2.29. The third-order valence-electron chi connectivity index (χ3n) is 3.69. The van der Waals surface area contributed by atoms with Gasteiger partial charge >= 0.3 is 0 Å². The van der Waals surface area contributed by atoms with E-state index in [-0.39, 0.29) is 0 Å². The van der Waals surface area contributed by atoms with E-state index in [0.717, 1.165) is 26.8 Å². The van der Waals surface area contributed by atoms with Crippen molar-refractivity contribution >= 4 is 27.0 Å². The number of benzene rings is 2. The third kappa shape index (κ3) is 2.25. The number of hydrogen-bond acceptors (Lipinski definition) is 2. The number of aryl methyl sites for hydroxylation is 1. The Morgan fingerprint density at radius 2 is 1.86 bits per heavy atom. The summed E-state index contributed by atoms with van der Waals surface area (Å²) in [4.78, 5) is 4.58. The highest BCUT2D eigenvalue weighted by molar-refractivity contribution is 9.10. The topological polar surface area (TPSA) is 31.0 Å². The highest BCUT2D eigenvalue weighted by Gasteiger charge is 2.10. The lowest BCUT2D eigenvalue weighted by molar-refractivity contribution is 0.619. The van der Waals surface area contributed by atoms with Crippen LogP contribution in [-0.4, -0.2) is 9.55 Å². The van der Waals surface area contributed by atoms with E-state index >= 15 is 0 Å². The Bertz CT molecular complexity index is 955. The molecule has 4 aromatic rings.